The third-order valence-electron chi connectivity index (χ3n) is 3.76. The Balaban J connectivity index is 2.38. The summed E-state index contributed by atoms with van der Waals surface area (Å²) in [5.74, 6) is 0. The highest BCUT2D eigenvalue weighted by Gasteiger charge is 2.08. The van der Waals surface area contributed by atoms with Gasteiger partial charge in [0.15, 0.2) is 0 Å². The lowest BCUT2D eigenvalue weighted by molar-refractivity contribution is 0.161. The summed E-state index contributed by atoms with van der Waals surface area (Å²) in [7, 11) is 3.89. The van der Waals surface area contributed by atoms with Crippen molar-refractivity contribution in [3.05, 3.63) is 35.4 Å². The fourth-order valence-corrected chi connectivity index (χ4v) is 2.27. The first-order chi connectivity index (χ1) is 9.71. The Morgan fingerprint density at radius 2 is 1.85 bits per heavy atom. The molecule has 0 saturated carbocycles. The summed E-state index contributed by atoms with van der Waals surface area (Å²) in [6.07, 6.45) is 2.22. The molecule has 0 bridgehead atoms. The summed E-state index contributed by atoms with van der Waals surface area (Å²) in [5, 5.41) is 3.65. The zero-order chi connectivity index (χ0) is 14.8. The average Bonchev–Trinajstić information content (AvgIpc) is 2.49. The lowest BCUT2D eigenvalue weighted by Gasteiger charge is -2.21. The Morgan fingerprint density at radius 1 is 1.15 bits per heavy atom. The molecule has 0 spiro atoms. The van der Waals surface area contributed by atoms with E-state index in [-0.39, 0.29) is 0 Å². The van der Waals surface area contributed by atoms with Gasteiger partial charge in [-0.05, 0) is 31.0 Å². The molecule has 3 heteroatoms. The van der Waals surface area contributed by atoms with E-state index in [0.29, 0.717) is 6.04 Å². The van der Waals surface area contributed by atoms with Crippen LogP contribution in [-0.2, 0) is 11.2 Å². The monoisotopic (exact) mass is 278 g/mol. The predicted molar refractivity (Wildman–Crippen MR) is 86.2 cm³/mol. The highest BCUT2D eigenvalue weighted by molar-refractivity contribution is 5.24. The zero-order valence-corrected chi connectivity index (χ0v) is 13.5. The maximum Gasteiger partial charge on any atom is 0.0589 e. The van der Waals surface area contributed by atoms with Gasteiger partial charge in [0.1, 0.15) is 0 Å². The van der Waals surface area contributed by atoms with Crippen molar-refractivity contribution in [2.24, 2.45) is 0 Å². The van der Waals surface area contributed by atoms with E-state index in [1.807, 2.05) is 0 Å². The predicted octanol–water partition coefficient (Wildman–Crippen LogP) is 2.87. The number of likely N-dealkylation sites (N-methyl/N-ethyl adjacent to an activating group) is 1. The molecule has 20 heavy (non-hydrogen) atoms. The van der Waals surface area contributed by atoms with Crippen LogP contribution in [0.25, 0.3) is 0 Å². The van der Waals surface area contributed by atoms with Gasteiger partial charge in [-0.1, -0.05) is 38.1 Å². The number of nitrogens with zero attached hydrogens (tertiary/aromatic N) is 1. The van der Waals surface area contributed by atoms with Crippen LogP contribution in [0.2, 0.25) is 0 Å². The van der Waals surface area contributed by atoms with E-state index in [0.717, 1.165) is 39.1 Å². The third kappa shape index (κ3) is 6.04. The standard InChI is InChI=1S/C17H30N2O/c1-5-15-7-9-16(10-8-15)17(6-2)18-11-12-19(3)13-14-20-4/h7-10,17-18H,5-6,11-14H2,1-4H3. The number of hydrogen-bond acceptors (Lipinski definition) is 3. The van der Waals surface area contributed by atoms with E-state index in [9.17, 15) is 0 Å². The van der Waals surface area contributed by atoms with Gasteiger partial charge in [0, 0.05) is 32.8 Å². The summed E-state index contributed by atoms with van der Waals surface area (Å²) in [5.41, 5.74) is 2.80. The molecule has 1 aromatic rings. The van der Waals surface area contributed by atoms with Gasteiger partial charge in [0.2, 0.25) is 0 Å². The third-order valence-corrected chi connectivity index (χ3v) is 3.76. The Bertz CT molecular complexity index is 351. The molecule has 0 saturated heterocycles. The fourth-order valence-electron chi connectivity index (χ4n) is 2.27. The van der Waals surface area contributed by atoms with Crippen LogP contribution in [0.3, 0.4) is 0 Å². The highest BCUT2D eigenvalue weighted by Crippen LogP contribution is 2.17. The fraction of sp³-hybridized carbons (Fsp3) is 0.647. The van der Waals surface area contributed by atoms with Crippen LogP contribution in [-0.4, -0.2) is 45.3 Å². The smallest absolute Gasteiger partial charge is 0.0589 e. The minimum atomic E-state index is 0.455. The van der Waals surface area contributed by atoms with Crippen LogP contribution in [0, 0.1) is 0 Å². The number of nitrogens with one attached hydrogen (secondary N) is 1. The topological polar surface area (TPSA) is 24.5 Å². The molecule has 1 atom stereocenters. The second-order valence-electron chi connectivity index (χ2n) is 5.31. The van der Waals surface area contributed by atoms with E-state index in [4.69, 9.17) is 4.74 Å². The molecular formula is C17H30N2O. The summed E-state index contributed by atoms with van der Waals surface area (Å²) >= 11 is 0. The lowest BCUT2D eigenvalue weighted by Crippen LogP contribution is -2.33. The number of methoxy groups -OCH3 is 1. The van der Waals surface area contributed by atoms with Gasteiger partial charge in [-0.15, -0.1) is 0 Å². The molecule has 0 aliphatic carbocycles. The molecule has 0 radical (unpaired) electrons. The lowest BCUT2D eigenvalue weighted by atomic mass is 10.0. The van der Waals surface area contributed by atoms with Crippen molar-refractivity contribution in [3.63, 3.8) is 0 Å². The first-order valence-corrected chi connectivity index (χ1v) is 7.70. The summed E-state index contributed by atoms with van der Waals surface area (Å²) in [4.78, 5) is 2.30. The molecule has 1 rings (SSSR count). The highest BCUT2D eigenvalue weighted by atomic mass is 16.5. The van der Waals surface area contributed by atoms with Crippen LogP contribution in [0.1, 0.15) is 37.4 Å². The van der Waals surface area contributed by atoms with E-state index in [1.54, 1.807) is 7.11 Å². The maximum atomic E-state index is 5.09. The van der Waals surface area contributed by atoms with Crippen molar-refractivity contribution >= 4 is 0 Å². The van der Waals surface area contributed by atoms with E-state index < -0.39 is 0 Å². The van der Waals surface area contributed by atoms with Crippen molar-refractivity contribution in [1.29, 1.82) is 0 Å². The number of rotatable bonds is 10. The molecule has 0 fully saturated rings. The number of hydrogen-bond donors (Lipinski definition) is 1. The quantitative estimate of drug-likeness (QED) is 0.712. The molecule has 1 N–H and O–H groups in total. The molecule has 0 amide bonds. The Labute approximate surface area is 124 Å². The molecule has 0 heterocycles. The van der Waals surface area contributed by atoms with Crippen LogP contribution >= 0.6 is 0 Å². The summed E-state index contributed by atoms with van der Waals surface area (Å²) in [6, 6.07) is 9.45. The van der Waals surface area contributed by atoms with Crippen molar-refractivity contribution in [3.8, 4) is 0 Å². The van der Waals surface area contributed by atoms with Gasteiger partial charge in [-0.3, -0.25) is 0 Å². The van der Waals surface area contributed by atoms with Crippen LogP contribution in [0.5, 0.6) is 0 Å². The second kappa shape index (κ2) is 9.92. The zero-order valence-electron chi connectivity index (χ0n) is 13.5. The van der Waals surface area contributed by atoms with Crippen LogP contribution < -0.4 is 5.32 Å². The molecule has 1 unspecified atom stereocenters. The van der Waals surface area contributed by atoms with Gasteiger partial charge < -0.3 is 15.0 Å². The van der Waals surface area contributed by atoms with Crippen molar-refractivity contribution in [2.45, 2.75) is 32.7 Å². The Hall–Kier alpha value is -0.900. The van der Waals surface area contributed by atoms with E-state index >= 15 is 0 Å². The number of benzene rings is 1. The summed E-state index contributed by atoms with van der Waals surface area (Å²) in [6.45, 7) is 8.27. The minimum absolute atomic E-state index is 0.455. The van der Waals surface area contributed by atoms with E-state index in [2.05, 4.69) is 55.4 Å². The summed E-state index contributed by atoms with van der Waals surface area (Å²) < 4.78 is 5.09. The molecule has 0 aromatic heterocycles. The molecule has 1 aromatic carbocycles. The molecule has 0 aliphatic heterocycles. The van der Waals surface area contributed by atoms with Gasteiger partial charge in [0.05, 0.1) is 6.61 Å². The SMILES string of the molecule is CCc1ccc(C(CC)NCCN(C)CCOC)cc1. The van der Waals surface area contributed by atoms with Gasteiger partial charge in [-0.2, -0.15) is 0 Å². The first-order valence-electron chi connectivity index (χ1n) is 7.70. The van der Waals surface area contributed by atoms with Gasteiger partial charge >= 0.3 is 0 Å². The largest absolute Gasteiger partial charge is 0.383 e. The van der Waals surface area contributed by atoms with Crippen molar-refractivity contribution in [2.75, 3.05) is 40.4 Å². The van der Waals surface area contributed by atoms with Gasteiger partial charge in [-0.25, -0.2) is 0 Å². The first kappa shape index (κ1) is 17.2. The molecule has 114 valence electrons. The Morgan fingerprint density at radius 3 is 2.40 bits per heavy atom. The van der Waals surface area contributed by atoms with Crippen LogP contribution in [0.4, 0.5) is 0 Å². The Kier molecular flexibility index (Phi) is 8.51. The van der Waals surface area contributed by atoms with Crippen LogP contribution in [0.15, 0.2) is 24.3 Å². The minimum Gasteiger partial charge on any atom is -0.383 e. The van der Waals surface area contributed by atoms with Crippen molar-refractivity contribution in [1.82, 2.24) is 10.2 Å². The van der Waals surface area contributed by atoms with Gasteiger partial charge in [0.25, 0.3) is 0 Å². The van der Waals surface area contributed by atoms with Crippen molar-refractivity contribution < 1.29 is 4.74 Å². The maximum absolute atomic E-state index is 5.09. The normalized spacial score (nSPS) is 12.8. The second-order valence-corrected chi connectivity index (χ2v) is 5.31. The molecular weight excluding hydrogens is 248 g/mol. The number of aryl methyl sites for hydroxylation is 1. The molecule has 3 nitrogen and oxygen atoms in total. The van der Waals surface area contributed by atoms with E-state index in [1.165, 1.54) is 11.1 Å². The molecule has 0 aliphatic rings. The number of ether oxygens (including phenoxy) is 1. The average molecular weight is 278 g/mol.